The van der Waals surface area contributed by atoms with E-state index in [0.29, 0.717) is 0 Å². The summed E-state index contributed by atoms with van der Waals surface area (Å²) in [6, 6.07) is 22.9. The van der Waals surface area contributed by atoms with E-state index in [-0.39, 0.29) is 5.84 Å². The number of amidine groups is 1. The standard InChI is InChI=1S/C23H23N3O/c1-27-21-7-3-6-18(14-21)17-5-2-4-16(12-17)15-26-11-10-19-13-20(23(24)25)8-9-22(19)26/h2-9,12-14H,10-11,15H2,1H3,(H3,24,25). The molecule has 0 spiro atoms. The predicted molar refractivity (Wildman–Crippen MR) is 111 cm³/mol. The van der Waals surface area contributed by atoms with Gasteiger partial charge in [0.05, 0.1) is 7.11 Å². The van der Waals surface area contributed by atoms with Gasteiger partial charge in [-0.1, -0.05) is 30.3 Å². The van der Waals surface area contributed by atoms with Gasteiger partial charge < -0.3 is 15.4 Å². The van der Waals surface area contributed by atoms with Crippen molar-refractivity contribution in [2.45, 2.75) is 13.0 Å². The zero-order chi connectivity index (χ0) is 18.8. The van der Waals surface area contributed by atoms with Crippen molar-refractivity contribution in [3.63, 3.8) is 0 Å². The van der Waals surface area contributed by atoms with E-state index in [1.54, 1.807) is 7.11 Å². The summed E-state index contributed by atoms with van der Waals surface area (Å²) in [6.45, 7) is 1.85. The Bertz CT molecular complexity index is 996. The van der Waals surface area contributed by atoms with E-state index in [9.17, 15) is 0 Å². The lowest BCUT2D eigenvalue weighted by molar-refractivity contribution is 0.415. The third-order valence-electron chi connectivity index (χ3n) is 5.09. The first kappa shape index (κ1) is 17.2. The van der Waals surface area contributed by atoms with Crippen molar-refractivity contribution in [1.82, 2.24) is 0 Å². The molecule has 0 aliphatic carbocycles. The summed E-state index contributed by atoms with van der Waals surface area (Å²) in [4.78, 5) is 2.39. The highest BCUT2D eigenvalue weighted by atomic mass is 16.5. The number of methoxy groups -OCH3 is 1. The van der Waals surface area contributed by atoms with E-state index in [4.69, 9.17) is 15.9 Å². The molecule has 3 aromatic rings. The smallest absolute Gasteiger partial charge is 0.122 e. The quantitative estimate of drug-likeness (QED) is 0.531. The Morgan fingerprint density at radius 3 is 2.59 bits per heavy atom. The van der Waals surface area contributed by atoms with Crippen LogP contribution < -0.4 is 15.4 Å². The van der Waals surface area contributed by atoms with Gasteiger partial charge in [-0.15, -0.1) is 0 Å². The molecule has 0 bridgehead atoms. The highest BCUT2D eigenvalue weighted by molar-refractivity contribution is 5.95. The number of nitrogens with one attached hydrogen (secondary N) is 1. The summed E-state index contributed by atoms with van der Waals surface area (Å²) in [5, 5.41) is 7.62. The van der Waals surface area contributed by atoms with Crippen molar-refractivity contribution in [1.29, 1.82) is 5.41 Å². The average molecular weight is 357 g/mol. The molecule has 136 valence electrons. The van der Waals surface area contributed by atoms with Gasteiger partial charge in [0.15, 0.2) is 0 Å². The molecule has 0 unspecified atom stereocenters. The lowest BCUT2D eigenvalue weighted by Gasteiger charge is -2.20. The minimum absolute atomic E-state index is 0.127. The Morgan fingerprint density at radius 1 is 1.04 bits per heavy atom. The summed E-state index contributed by atoms with van der Waals surface area (Å²) >= 11 is 0. The fourth-order valence-electron chi connectivity index (χ4n) is 3.67. The van der Waals surface area contributed by atoms with Crippen molar-refractivity contribution in [3.05, 3.63) is 83.4 Å². The molecule has 1 aliphatic heterocycles. The molecule has 4 rings (SSSR count). The molecule has 1 heterocycles. The van der Waals surface area contributed by atoms with Gasteiger partial charge in [-0.25, -0.2) is 0 Å². The van der Waals surface area contributed by atoms with Crippen molar-refractivity contribution < 1.29 is 4.74 Å². The van der Waals surface area contributed by atoms with Crippen LogP contribution in [0.1, 0.15) is 16.7 Å². The third-order valence-corrected chi connectivity index (χ3v) is 5.09. The number of rotatable bonds is 5. The van der Waals surface area contributed by atoms with Crippen LogP contribution in [-0.4, -0.2) is 19.5 Å². The topological polar surface area (TPSA) is 62.3 Å². The van der Waals surface area contributed by atoms with E-state index in [1.165, 1.54) is 22.4 Å². The van der Waals surface area contributed by atoms with Gasteiger partial charge in [-0.2, -0.15) is 0 Å². The van der Waals surface area contributed by atoms with Crippen LogP contribution in [0.5, 0.6) is 5.75 Å². The number of ether oxygens (including phenoxy) is 1. The lowest BCUT2D eigenvalue weighted by Crippen LogP contribution is -2.19. The summed E-state index contributed by atoms with van der Waals surface area (Å²) < 4.78 is 5.35. The van der Waals surface area contributed by atoms with Crippen molar-refractivity contribution in [2.24, 2.45) is 5.73 Å². The van der Waals surface area contributed by atoms with Crippen molar-refractivity contribution in [3.8, 4) is 16.9 Å². The number of hydrogen-bond donors (Lipinski definition) is 2. The number of nitrogen functional groups attached to an aromatic ring is 1. The van der Waals surface area contributed by atoms with Gasteiger partial charge in [-0.05, 0) is 65.1 Å². The molecule has 27 heavy (non-hydrogen) atoms. The van der Waals surface area contributed by atoms with Gasteiger partial charge in [-0.3, -0.25) is 5.41 Å². The summed E-state index contributed by atoms with van der Waals surface area (Å²) in [5.41, 5.74) is 12.6. The fraction of sp³-hybridized carbons (Fsp3) is 0.174. The Balaban J connectivity index is 1.57. The molecule has 0 fully saturated rings. The largest absolute Gasteiger partial charge is 0.497 e. The maximum Gasteiger partial charge on any atom is 0.122 e. The summed E-state index contributed by atoms with van der Waals surface area (Å²) in [5.74, 6) is 0.995. The zero-order valence-electron chi connectivity index (χ0n) is 15.4. The molecule has 0 saturated heterocycles. The minimum atomic E-state index is 0.127. The molecule has 1 aliphatic rings. The number of nitrogens with two attached hydrogens (primary N) is 1. The van der Waals surface area contributed by atoms with Gasteiger partial charge >= 0.3 is 0 Å². The highest BCUT2D eigenvalue weighted by Crippen LogP contribution is 2.31. The molecule has 3 N–H and O–H groups in total. The SMILES string of the molecule is COc1cccc(-c2cccc(CN3CCc4cc(C(=N)N)ccc43)c2)c1. The lowest BCUT2D eigenvalue weighted by atomic mass is 10.0. The van der Waals surface area contributed by atoms with E-state index in [0.717, 1.165) is 36.4 Å². The number of hydrogen-bond acceptors (Lipinski definition) is 3. The fourth-order valence-corrected chi connectivity index (χ4v) is 3.67. The van der Waals surface area contributed by atoms with Crippen LogP contribution in [0.4, 0.5) is 5.69 Å². The van der Waals surface area contributed by atoms with E-state index in [2.05, 4.69) is 47.4 Å². The van der Waals surface area contributed by atoms with Crippen LogP contribution in [0.25, 0.3) is 11.1 Å². The Hall–Kier alpha value is -3.27. The van der Waals surface area contributed by atoms with Crippen LogP contribution in [0.3, 0.4) is 0 Å². The maximum absolute atomic E-state index is 7.62. The molecule has 0 saturated carbocycles. The molecule has 0 atom stereocenters. The first-order valence-electron chi connectivity index (χ1n) is 9.09. The maximum atomic E-state index is 7.62. The first-order valence-corrected chi connectivity index (χ1v) is 9.09. The monoisotopic (exact) mass is 357 g/mol. The van der Waals surface area contributed by atoms with Gasteiger partial charge in [0.25, 0.3) is 0 Å². The first-order chi connectivity index (χ1) is 13.1. The molecular weight excluding hydrogens is 334 g/mol. The van der Waals surface area contributed by atoms with Crippen molar-refractivity contribution >= 4 is 11.5 Å². The Labute approximate surface area is 159 Å². The number of anilines is 1. The second-order valence-corrected chi connectivity index (χ2v) is 6.86. The second kappa shape index (κ2) is 7.16. The second-order valence-electron chi connectivity index (χ2n) is 6.86. The third kappa shape index (κ3) is 3.51. The molecule has 4 heteroatoms. The van der Waals surface area contributed by atoms with Crippen LogP contribution in [0.2, 0.25) is 0 Å². The summed E-state index contributed by atoms with van der Waals surface area (Å²) in [7, 11) is 1.69. The Morgan fingerprint density at radius 2 is 1.81 bits per heavy atom. The van der Waals surface area contributed by atoms with Gasteiger partial charge in [0, 0.05) is 24.3 Å². The van der Waals surface area contributed by atoms with Crippen LogP contribution in [-0.2, 0) is 13.0 Å². The zero-order valence-corrected chi connectivity index (χ0v) is 15.4. The summed E-state index contributed by atoms with van der Waals surface area (Å²) in [6.07, 6.45) is 0.992. The number of benzene rings is 3. The highest BCUT2D eigenvalue weighted by Gasteiger charge is 2.20. The van der Waals surface area contributed by atoms with Crippen LogP contribution in [0, 0.1) is 5.41 Å². The molecule has 4 nitrogen and oxygen atoms in total. The van der Waals surface area contributed by atoms with Crippen LogP contribution >= 0.6 is 0 Å². The van der Waals surface area contributed by atoms with E-state index < -0.39 is 0 Å². The average Bonchev–Trinajstić information content (AvgIpc) is 3.10. The Kier molecular flexibility index (Phi) is 4.55. The molecule has 3 aromatic carbocycles. The molecule has 0 aromatic heterocycles. The normalized spacial score (nSPS) is 12.7. The molecule has 0 amide bonds. The van der Waals surface area contributed by atoms with Gasteiger partial charge in [0.1, 0.15) is 11.6 Å². The van der Waals surface area contributed by atoms with E-state index in [1.807, 2.05) is 24.3 Å². The van der Waals surface area contributed by atoms with E-state index >= 15 is 0 Å². The minimum Gasteiger partial charge on any atom is -0.497 e. The number of fused-ring (bicyclic) bond motifs is 1. The molecular formula is C23H23N3O. The van der Waals surface area contributed by atoms with Gasteiger partial charge in [0.2, 0.25) is 0 Å². The van der Waals surface area contributed by atoms with Crippen LogP contribution in [0.15, 0.2) is 66.7 Å². The molecule has 0 radical (unpaired) electrons. The predicted octanol–water partition coefficient (Wildman–Crippen LogP) is 4.21. The van der Waals surface area contributed by atoms with Crippen molar-refractivity contribution in [2.75, 3.05) is 18.6 Å². The number of nitrogens with zero attached hydrogens (tertiary/aromatic N) is 1.